The van der Waals surface area contributed by atoms with Gasteiger partial charge in [-0.1, -0.05) is 0 Å². The van der Waals surface area contributed by atoms with Crippen LogP contribution in [0.3, 0.4) is 0 Å². The highest BCUT2D eigenvalue weighted by Gasteiger charge is 2.44. The number of hydrogen-bond donors (Lipinski definition) is 1. The Labute approximate surface area is 193 Å². The lowest BCUT2D eigenvalue weighted by molar-refractivity contribution is 0.0566. The second-order valence-electron chi connectivity index (χ2n) is 9.26. The molecule has 2 atom stereocenters. The number of aromatic nitrogens is 2. The number of benzene rings is 1. The van der Waals surface area contributed by atoms with E-state index in [1.165, 1.54) is 10.6 Å². The van der Waals surface area contributed by atoms with Crippen LogP contribution in [0, 0.1) is 5.92 Å². The van der Waals surface area contributed by atoms with Crippen molar-refractivity contribution < 1.29 is 27.4 Å². The van der Waals surface area contributed by atoms with E-state index < -0.39 is 21.9 Å². The number of nitrogens with zero attached hydrogens (tertiary/aromatic N) is 4. The highest BCUT2D eigenvalue weighted by Crippen LogP contribution is 2.39. The van der Waals surface area contributed by atoms with Crippen molar-refractivity contribution in [1.29, 1.82) is 0 Å². The van der Waals surface area contributed by atoms with Crippen molar-refractivity contribution >= 4 is 33.0 Å². The minimum absolute atomic E-state index is 0.0924. The maximum absolute atomic E-state index is 12.8. The summed E-state index contributed by atoms with van der Waals surface area (Å²) in [6.45, 7) is 6.21. The molecule has 0 saturated carbocycles. The molecule has 1 aromatic carbocycles. The van der Waals surface area contributed by atoms with Crippen molar-refractivity contribution in [2.45, 2.75) is 38.8 Å². The Morgan fingerprint density at radius 2 is 1.79 bits per heavy atom. The Morgan fingerprint density at radius 1 is 1.09 bits per heavy atom. The molecule has 33 heavy (non-hydrogen) atoms. The SMILES string of the molecule is COc1cc2ncnc(N3CC4CC3CN(S(=O)(=O)NC(=O)OC(C)(C)C)C4)c2cc1OC. The standard InChI is InChI=1S/C21H29N5O6S/c1-21(2,3)32-20(27)24-33(28,29)25-9-13-6-14(11-25)26(10-13)19-15-7-17(30-4)18(31-5)8-16(15)22-12-23-19/h7-8,12-14H,6,9-11H2,1-5H3,(H,24,27). The van der Waals surface area contributed by atoms with Crippen molar-refractivity contribution in [1.82, 2.24) is 19.0 Å². The number of nitrogens with one attached hydrogen (secondary N) is 1. The van der Waals surface area contributed by atoms with E-state index in [1.807, 2.05) is 10.8 Å². The summed E-state index contributed by atoms with van der Waals surface area (Å²) >= 11 is 0. The molecule has 2 aliphatic heterocycles. The van der Waals surface area contributed by atoms with Gasteiger partial charge in [-0.25, -0.2) is 19.5 Å². The number of rotatable bonds is 5. The molecular weight excluding hydrogens is 450 g/mol. The average Bonchev–Trinajstić information content (AvgIpc) is 3.03. The maximum atomic E-state index is 12.8. The largest absolute Gasteiger partial charge is 0.493 e. The summed E-state index contributed by atoms with van der Waals surface area (Å²) in [5, 5.41) is 0.795. The van der Waals surface area contributed by atoms with Crippen LogP contribution < -0.4 is 19.1 Å². The van der Waals surface area contributed by atoms with Crippen LogP contribution in [0.2, 0.25) is 0 Å². The van der Waals surface area contributed by atoms with Crippen molar-refractivity contribution in [2.24, 2.45) is 5.92 Å². The Bertz CT molecular complexity index is 1170. The van der Waals surface area contributed by atoms with E-state index in [1.54, 1.807) is 41.1 Å². The minimum atomic E-state index is -4.04. The quantitative estimate of drug-likeness (QED) is 0.685. The van der Waals surface area contributed by atoms with Gasteiger partial charge in [0.25, 0.3) is 0 Å². The van der Waals surface area contributed by atoms with Gasteiger partial charge in [-0.05, 0) is 39.2 Å². The highest BCUT2D eigenvalue weighted by atomic mass is 32.2. The molecule has 11 nitrogen and oxygen atoms in total. The van der Waals surface area contributed by atoms with Crippen LogP contribution in [-0.2, 0) is 14.9 Å². The van der Waals surface area contributed by atoms with Crippen LogP contribution in [-0.4, -0.2) is 74.3 Å². The van der Waals surface area contributed by atoms with Gasteiger partial charge < -0.3 is 19.1 Å². The highest BCUT2D eigenvalue weighted by molar-refractivity contribution is 7.87. The first-order chi connectivity index (χ1) is 15.5. The number of anilines is 1. The van der Waals surface area contributed by atoms with E-state index in [9.17, 15) is 13.2 Å². The van der Waals surface area contributed by atoms with Gasteiger partial charge in [0.2, 0.25) is 0 Å². The van der Waals surface area contributed by atoms with Gasteiger partial charge in [0, 0.05) is 37.1 Å². The maximum Gasteiger partial charge on any atom is 0.422 e. The van der Waals surface area contributed by atoms with E-state index in [0.717, 1.165) is 11.8 Å². The average molecular weight is 480 g/mol. The zero-order valence-corrected chi connectivity index (χ0v) is 20.2. The molecule has 0 radical (unpaired) electrons. The molecule has 1 N–H and O–H groups in total. The number of methoxy groups -OCH3 is 2. The molecule has 2 bridgehead atoms. The van der Waals surface area contributed by atoms with Crippen molar-refractivity contribution in [3.8, 4) is 11.5 Å². The molecule has 0 spiro atoms. The van der Waals surface area contributed by atoms with Crippen molar-refractivity contribution in [3.63, 3.8) is 0 Å². The molecular formula is C21H29N5O6S. The Hall–Kier alpha value is -2.86. The van der Waals surface area contributed by atoms with Gasteiger partial charge in [0.1, 0.15) is 17.7 Å². The van der Waals surface area contributed by atoms with E-state index in [0.29, 0.717) is 35.9 Å². The molecule has 3 heterocycles. The molecule has 12 heteroatoms. The van der Waals surface area contributed by atoms with Crippen molar-refractivity contribution in [2.75, 3.05) is 38.8 Å². The zero-order chi connectivity index (χ0) is 24.0. The summed E-state index contributed by atoms with van der Waals surface area (Å²) in [4.78, 5) is 23.0. The number of fused-ring (bicyclic) bond motifs is 3. The zero-order valence-electron chi connectivity index (χ0n) is 19.4. The molecule has 180 valence electrons. The van der Waals surface area contributed by atoms with E-state index >= 15 is 0 Å². The summed E-state index contributed by atoms with van der Waals surface area (Å²) in [6, 6.07) is 3.54. The van der Waals surface area contributed by atoms with Gasteiger partial charge >= 0.3 is 16.3 Å². The van der Waals surface area contributed by atoms with Crippen molar-refractivity contribution in [3.05, 3.63) is 18.5 Å². The minimum Gasteiger partial charge on any atom is -0.493 e. The summed E-state index contributed by atoms with van der Waals surface area (Å²) < 4.78 is 45.0. The monoisotopic (exact) mass is 479 g/mol. The summed E-state index contributed by atoms with van der Waals surface area (Å²) in [5.74, 6) is 1.95. The fourth-order valence-corrected chi connectivity index (χ4v) is 5.60. The van der Waals surface area contributed by atoms with Crippen LogP contribution in [0.15, 0.2) is 18.5 Å². The number of piperidine rings is 1. The number of amides is 1. The lowest BCUT2D eigenvalue weighted by Crippen LogP contribution is -2.51. The molecule has 1 aromatic heterocycles. The molecule has 2 fully saturated rings. The third-order valence-corrected chi connectivity index (χ3v) is 7.12. The molecule has 2 aliphatic rings. The van der Waals surface area contributed by atoms with Gasteiger partial charge in [-0.3, -0.25) is 0 Å². The second-order valence-corrected chi connectivity index (χ2v) is 10.9. The van der Waals surface area contributed by atoms with Crippen LogP contribution in [0.25, 0.3) is 10.9 Å². The molecule has 2 saturated heterocycles. The second kappa shape index (κ2) is 8.49. The number of hydrogen-bond acceptors (Lipinski definition) is 9. The van der Waals surface area contributed by atoms with Gasteiger partial charge in [-0.15, -0.1) is 0 Å². The van der Waals surface area contributed by atoms with Gasteiger partial charge in [0.05, 0.1) is 19.7 Å². The Balaban J connectivity index is 1.58. The number of carbonyl (C=O) groups excluding carboxylic acids is 1. The predicted molar refractivity (Wildman–Crippen MR) is 122 cm³/mol. The van der Waals surface area contributed by atoms with Gasteiger partial charge in [0.15, 0.2) is 11.5 Å². The summed E-state index contributed by atoms with van der Waals surface area (Å²) in [6.07, 6.45) is 1.34. The fraction of sp³-hybridized carbons (Fsp3) is 0.571. The fourth-order valence-electron chi connectivity index (χ4n) is 4.44. The molecule has 2 aromatic rings. The summed E-state index contributed by atoms with van der Waals surface area (Å²) in [7, 11) is -0.905. The summed E-state index contributed by atoms with van der Waals surface area (Å²) in [5.41, 5.74) is -0.0926. The predicted octanol–water partition coefficient (Wildman–Crippen LogP) is 1.93. The third-order valence-electron chi connectivity index (χ3n) is 5.72. The van der Waals surface area contributed by atoms with E-state index in [-0.39, 0.29) is 18.5 Å². The van der Waals surface area contributed by atoms with E-state index in [2.05, 4.69) is 14.9 Å². The normalized spacial score (nSPS) is 21.2. The first-order valence-electron chi connectivity index (χ1n) is 10.6. The Morgan fingerprint density at radius 3 is 2.45 bits per heavy atom. The van der Waals surface area contributed by atoms with Crippen LogP contribution in [0.4, 0.5) is 10.6 Å². The van der Waals surface area contributed by atoms with Crippen LogP contribution in [0.1, 0.15) is 27.2 Å². The number of ether oxygens (including phenoxy) is 3. The smallest absolute Gasteiger partial charge is 0.422 e. The lowest BCUT2D eigenvalue weighted by Gasteiger charge is -2.32. The molecule has 1 amide bonds. The van der Waals surface area contributed by atoms with E-state index in [4.69, 9.17) is 14.2 Å². The topological polar surface area (TPSA) is 123 Å². The molecule has 4 rings (SSSR count). The Kier molecular flexibility index (Phi) is 5.99. The van der Waals surface area contributed by atoms with Crippen LogP contribution in [0.5, 0.6) is 11.5 Å². The number of carbonyl (C=O) groups is 1. The molecule has 0 aliphatic carbocycles. The van der Waals surface area contributed by atoms with Gasteiger partial charge in [-0.2, -0.15) is 12.7 Å². The molecule has 2 unspecified atom stereocenters. The first kappa shape index (κ1) is 23.3. The van der Waals surface area contributed by atoms with Crippen LogP contribution >= 0.6 is 0 Å². The first-order valence-corrected chi connectivity index (χ1v) is 12.1. The lowest BCUT2D eigenvalue weighted by atomic mass is 10.0. The third kappa shape index (κ3) is 4.76.